The third-order valence-electron chi connectivity index (χ3n) is 2.61. The van der Waals surface area contributed by atoms with E-state index in [0.29, 0.717) is 0 Å². The summed E-state index contributed by atoms with van der Waals surface area (Å²) in [6.07, 6.45) is 6.53. The standard InChI is InChI=1S/C11H26N2/c1-4-11(7-5-9-12)8-6-10-13(2)3/h11H,4-10,12H2,1-3H3. The van der Waals surface area contributed by atoms with E-state index in [-0.39, 0.29) is 0 Å². The van der Waals surface area contributed by atoms with Crippen molar-refractivity contribution in [2.45, 2.75) is 39.0 Å². The van der Waals surface area contributed by atoms with Crippen molar-refractivity contribution in [3.63, 3.8) is 0 Å². The lowest BCUT2D eigenvalue weighted by atomic mass is 9.95. The van der Waals surface area contributed by atoms with Gasteiger partial charge in [-0.3, -0.25) is 0 Å². The van der Waals surface area contributed by atoms with Crippen LogP contribution in [-0.4, -0.2) is 32.1 Å². The van der Waals surface area contributed by atoms with Crippen LogP contribution >= 0.6 is 0 Å². The summed E-state index contributed by atoms with van der Waals surface area (Å²) in [5.41, 5.74) is 5.50. The fourth-order valence-corrected chi connectivity index (χ4v) is 1.66. The summed E-state index contributed by atoms with van der Waals surface area (Å²) >= 11 is 0. The lowest BCUT2D eigenvalue weighted by Gasteiger charge is -2.15. The van der Waals surface area contributed by atoms with Crippen LogP contribution in [0.2, 0.25) is 0 Å². The van der Waals surface area contributed by atoms with Crippen LogP contribution < -0.4 is 5.73 Å². The van der Waals surface area contributed by atoms with Crippen LogP contribution in [0.1, 0.15) is 39.0 Å². The van der Waals surface area contributed by atoms with Crippen LogP contribution in [0.15, 0.2) is 0 Å². The first-order valence-electron chi connectivity index (χ1n) is 5.55. The molecular weight excluding hydrogens is 160 g/mol. The molecule has 0 rings (SSSR count). The van der Waals surface area contributed by atoms with Gasteiger partial charge in [0.25, 0.3) is 0 Å². The fourth-order valence-electron chi connectivity index (χ4n) is 1.66. The van der Waals surface area contributed by atoms with Gasteiger partial charge in [-0.2, -0.15) is 0 Å². The van der Waals surface area contributed by atoms with Gasteiger partial charge < -0.3 is 10.6 Å². The number of hydrogen-bond acceptors (Lipinski definition) is 2. The zero-order chi connectivity index (χ0) is 10.1. The van der Waals surface area contributed by atoms with E-state index in [9.17, 15) is 0 Å². The van der Waals surface area contributed by atoms with Gasteiger partial charge in [0.2, 0.25) is 0 Å². The highest BCUT2D eigenvalue weighted by Gasteiger charge is 2.05. The molecule has 0 saturated heterocycles. The van der Waals surface area contributed by atoms with E-state index < -0.39 is 0 Å². The first-order valence-corrected chi connectivity index (χ1v) is 5.55. The van der Waals surface area contributed by atoms with Crippen molar-refractivity contribution >= 4 is 0 Å². The molecule has 0 heterocycles. The Labute approximate surface area is 83.5 Å². The number of nitrogens with two attached hydrogens (primary N) is 1. The fraction of sp³-hybridized carbons (Fsp3) is 1.00. The molecule has 2 nitrogen and oxygen atoms in total. The second kappa shape index (κ2) is 8.52. The maximum atomic E-state index is 5.50. The average molecular weight is 186 g/mol. The van der Waals surface area contributed by atoms with Gasteiger partial charge in [-0.15, -0.1) is 0 Å². The summed E-state index contributed by atoms with van der Waals surface area (Å²) < 4.78 is 0. The molecule has 0 aromatic rings. The minimum atomic E-state index is 0.851. The van der Waals surface area contributed by atoms with Gasteiger partial charge in [-0.1, -0.05) is 13.3 Å². The zero-order valence-electron chi connectivity index (χ0n) is 9.55. The van der Waals surface area contributed by atoms with Crippen LogP contribution in [-0.2, 0) is 0 Å². The van der Waals surface area contributed by atoms with Crippen LogP contribution in [0.25, 0.3) is 0 Å². The summed E-state index contributed by atoms with van der Waals surface area (Å²) in [4.78, 5) is 2.26. The van der Waals surface area contributed by atoms with Gasteiger partial charge in [0, 0.05) is 0 Å². The maximum Gasteiger partial charge on any atom is -0.00247 e. The molecule has 0 aliphatic rings. The van der Waals surface area contributed by atoms with Crippen molar-refractivity contribution in [3.8, 4) is 0 Å². The van der Waals surface area contributed by atoms with Crippen molar-refractivity contribution in [1.29, 1.82) is 0 Å². The Kier molecular flexibility index (Phi) is 8.46. The Balaban J connectivity index is 3.36. The Morgan fingerprint density at radius 1 is 1.15 bits per heavy atom. The van der Waals surface area contributed by atoms with Gasteiger partial charge in [-0.25, -0.2) is 0 Å². The molecule has 0 radical (unpaired) electrons. The van der Waals surface area contributed by atoms with Gasteiger partial charge in [0.1, 0.15) is 0 Å². The van der Waals surface area contributed by atoms with Crippen molar-refractivity contribution in [1.82, 2.24) is 4.90 Å². The molecule has 2 N–H and O–H groups in total. The van der Waals surface area contributed by atoms with Crippen molar-refractivity contribution in [2.24, 2.45) is 11.7 Å². The highest BCUT2D eigenvalue weighted by atomic mass is 15.0. The average Bonchev–Trinajstić information content (AvgIpc) is 2.10. The predicted octanol–water partition coefficient (Wildman–Crippen LogP) is 2.09. The molecule has 1 unspecified atom stereocenters. The highest BCUT2D eigenvalue weighted by Crippen LogP contribution is 2.16. The molecule has 0 aliphatic carbocycles. The molecule has 80 valence electrons. The molecule has 0 aromatic carbocycles. The smallest absolute Gasteiger partial charge is 0.00247 e. The lowest BCUT2D eigenvalue weighted by Crippen LogP contribution is -2.14. The Hall–Kier alpha value is -0.0800. The van der Waals surface area contributed by atoms with Gasteiger partial charge in [0.15, 0.2) is 0 Å². The molecule has 2 heteroatoms. The van der Waals surface area contributed by atoms with E-state index in [1.807, 2.05) is 0 Å². The Bertz CT molecular complexity index is 102. The minimum absolute atomic E-state index is 0.851. The van der Waals surface area contributed by atoms with E-state index in [2.05, 4.69) is 25.9 Å². The molecule has 13 heavy (non-hydrogen) atoms. The van der Waals surface area contributed by atoms with Crippen molar-refractivity contribution in [3.05, 3.63) is 0 Å². The van der Waals surface area contributed by atoms with E-state index in [1.165, 1.54) is 38.6 Å². The minimum Gasteiger partial charge on any atom is -0.330 e. The topological polar surface area (TPSA) is 29.3 Å². The first-order chi connectivity index (χ1) is 6.20. The van der Waals surface area contributed by atoms with Crippen LogP contribution in [0.5, 0.6) is 0 Å². The van der Waals surface area contributed by atoms with Gasteiger partial charge in [0.05, 0.1) is 0 Å². The Morgan fingerprint density at radius 3 is 2.23 bits per heavy atom. The third-order valence-corrected chi connectivity index (χ3v) is 2.61. The largest absolute Gasteiger partial charge is 0.330 e. The molecule has 0 fully saturated rings. The third kappa shape index (κ3) is 8.26. The molecule has 0 aromatic heterocycles. The second-order valence-corrected chi connectivity index (χ2v) is 4.15. The monoisotopic (exact) mass is 186 g/mol. The Morgan fingerprint density at radius 2 is 1.77 bits per heavy atom. The molecule has 1 atom stereocenters. The van der Waals surface area contributed by atoms with E-state index in [0.717, 1.165) is 12.5 Å². The second-order valence-electron chi connectivity index (χ2n) is 4.15. The van der Waals surface area contributed by atoms with Gasteiger partial charge in [-0.05, 0) is 58.8 Å². The molecule has 0 amide bonds. The molecule has 0 saturated carbocycles. The molecule has 0 spiro atoms. The van der Waals surface area contributed by atoms with Crippen LogP contribution in [0.3, 0.4) is 0 Å². The molecule has 0 bridgehead atoms. The number of rotatable bonds is 8. The summed E-state index contributed by atoms with van der Waals surface area (Å²) in [7, 11) is 4.28. The SMILES string of the molecule is CCC(CCCN)CCCN(C)C. The zero-order valence-corrected chi connectivity index (χ0v) is 9.55. The summed E-state index contributed by atoms with van der Waals surface area (Å²) in [6.45, 7) is 4.36. The highest BCUT2D eigenvalue weighted by molar-refractivity contribution is 4.59. The maximum absolute atomic E-state index is 5.50. The van der Waals surface area contributed by atoms with E-state index >= 15 is 0 Å². The summed E-state index contributed by atoms with van der Waals surface area (Å²) in [5.74, 6) is 0.906. The summed E-state index contributed by atoms with van der Waals surface area (Å²) in [6, 6.07) is 0. The first kappa shape index (κ1) is 12.9. The lowest BCUT2D eigenvalue weighted by molar-refractivity contribution is 0.349. The number of hydrogen-bond donors (Lipinski definition) is 1. The van der Waals surface area contributed by atoms with Crippen molar-refractivity contribution in [2.75, 3.05) is 27.2 Å². The molecular formula is C11H26N2. The van der Waals surface area contributed by atoms with Gasteiger partial charge >= 0.3 is 0 Å². The van der Waals surface area contributed by atoms with E-state index in [1.54, 1.807) is 0 Å². The van der Waals surface area contributed by atoms with Crippen LogP contribution in [0.4, 0.5) is 0 Å². The number of nitrogens with zero attached hydrogens (tertiary/aromatic N) is 1. The summed E-state index contributed by atoms with van der Waals surface area (Å²) in [5, 5.41) is 0. The normalized spacial score (nSPS) is 13.6. The molecule has 0 aliphatic heterocycles. The van der Waals surface area contributed by atoms with Crippen molar-refractivity contribution < 1.29 is 0 Å². The predicted molar refractivity (Wildman–Crippen MR) is 59.9 cm³/mol. The quantitative estimate of drug-likeness (QED) is 0.629. The van der Waals surface area contributed by atoms with E-state index in [4.69, 9.17) is 5.73 Å². The van der Waals surface area contributed by atoms with Crippen LogP contribution in [0, 0.1) is 5.92 Å².